The standard InChI is InChI=1S/C41H51NO16/c1-16-21(43)11-12-25(53-16)57-39-18(3)55-27(14-23(39)45)58-38-17(2)54-26(13-20(38)42(5)6)56-24-15-41(4,51)33(40(50)52-7)30-29(24)36(48)32-31(37(30)49)34(46)19-9-8-10-22(44)28(19)35(32)47/h8-10,16-18,20,23-27,33,38-39,44-45,48-49,51H,11-15H2,1-7H3. The molecule has 7 rings (SSSR count). The second-order valence-corrected chi connectivity index (χ2v) is 16.3. The number of carbonyl (C=O) groups excluding carboxylic acids is 4. The van der Waals surface area contributed by atoms with Crippen LogP contribution in [0, 0.1) is 0 Å². The molecule has 2 aromatic rings. The predicted molar refractivity (Wildman–Crippen MR) is 198 cm³/mol. The van der Waals surface area contributed by atoms with Gasteiger partial charge in [0.2, 0.25) is 5.78 Å². The van der Waals surface area contributed by atoms with Crippen LogP contribution < -0.4 is 0 Å². The van der Waals surface area contributed by atoms with Gasteiger partial charge in [-0.2, -0.15) is 0 Å². The Bertz CT molecular complexity index is 1970. The summed E-state index contributed by atoms with van der Waals surface area (Å²) in [5.41, 5.74) is -4.28. The number of likely N-dealkylation sites (N-methyl/N-ethyl adjacent to an activating group) is 1. The number of rotatable bonds is 8. The average molecular weight is 814 g/mol. The number of carbonyl (C=O) groups is 4. The van der Waals surface area contributed by atoms with E-state index in [0.29, 0.717) is 12.8 Å². The zero-order chi connectivity index (χ0) is 42.1. The number of hydrogen-bond acceptors (Lipinski definition) is 17. The van der Waals surface area contributed by atoms with Gasteiger partial charge in [0, 0.05) is 54.8 Å². The zero-order valence-corrected chi connectivity index (χ0v) is 33.4. The van der Waals surface area contributed by atoms with Crippen molar-refractivity contribution in [3.05, 3.63) is 51.6 Å². The lowest BCUT2D eigenvalue weighted by Gasteiger charge is -2.48. The van der Waals surface area contributed by atoms with Crippen LogP contribution in [-0.2, 0) is 42.7 Å². The molecule has 5 N–H and O–H groups in total. The summed E-state index contributed by atoms with van der Waals surface area (Å²) in [4.78, 5) is 54.8. The monoisotopic (exact) mass is 813 g/mol. The van der Waals surface area contributed by atoms with Crippen LogP contribution in [0.4, 0.5) is 0 Å². The average Bonchev–Trinajstić information content (AvgIpc) is 3.14. The van der Waals surface area contributed by atoms with E-state index in [1.807, 2.05) is 19.0 Å². The Morgan fingerprint density at radius 1 is 0.828 bits per heavy atom. The number of aromatic hydroxyl groups is 3. The van der Waals surface area contributed by atoms with E-state index < -0.39 is 119 Å². The molecule has 17 heteroatoms. The quantitative estimate of drug-likeness (QED) is 0.162. The Morgan fingerprint density at radius 3 is 2.09 bits per heavy atom. The summed E-state index contributed by atoms with van der Waals surface area (Å²) in [5.74, 6) is -6.50. The normalized spacial score (nSPS) is 36.3. The highest BCUT2D eigenvalue weighted by Gasteiger charge is 2.54. The van der Waals surface area contributed by atoms with Crippen molar-refractivity contribution < 1.29 is 77.9 Å². The highest BCUT2D eigenvalue weighted by Crippen LogP contribution is 2.56. The lowest BCUT2D eigenvalue weighted by atomic mass is 9.68. The van der Waals surface area contributed by atoms with Gasteiger partial charge in [0.05, 0.1) is 53.8 Å². The maximum absolute atomic E-state index is 13.9. The fourth-order valence-corrected chi connectivity index (χ4v) is 9.15. The first-order valence-corrected chi connectivity index (χ1v) is 19.5. The topological polar surface area (TPSA) is 237 Å². The summed E-state index contributed by atoms with van der Waals surface area (Å²) in [5, 5.41) is 57.3. The maximum Gasteiger partial charge on any atom is 0.316 e. The van der Waals surface area contributed by atoms with Gasteiger partial charge in [-0.05, 0) is 47.9 Å². The molecule has 17 nitrogen and oxygen atoms in total. The SMILES string of the molecule is COC(=O)C1c2c(O)c3c(c(O)c2C(OC2CC(N(C)C)C(OC4CC(O)C(OC5CCC(=O)C(C)O5)C(C)O4)C(C)O2)CC1(C)O)C(=O)c1c(O)cccc1C3=O. The van der Waals surface area contributed by atoms with Crippen LogP contribution in [0.15, 0.2) is 18.2 Å². The molecular formula is C41H51NO16. The van der Waals surface area contributed by atoms with Crippen molar-refractivity contribution in [1.82, 2.24) is 4.90 Å². The third-order valence-corrected chi connectivity index (χ3v) is 12.1. The molecule has 3 aliphatic heterocycles. The third kappa shape index (κ3) is 7.30. The van der Waals surface area contributed by atoms with Gasteiger partial charge in [-0.3, -0.25) is 19.2 Å². The number of nitrogens with zero attached hydrogens (tertiary/aromatic N) is 1. The molecule has 2 aliphatic carbocycles. The molecule has 5 aliphatic rings. The Kier molecular flexibility index (Phi) is 11.5. The summed E-state index contributed by atoms with van der Waals surface area (Å²) in [6, 6.07) is 3.47. The van der Waals surface area contributed by atoms with Crippen LogP contribution >= 0.6 is 0 Å². The minimum Gasteiger partial charge on any atom is -0.507 e. The largest absolute Gasteiger partial charge is 0.507 e. The van der Waals surface area contributed by atoms with Crippen molar-refractivity contribution in [1.29, 1.82) is 0 Å². The molecule has 58 heavy (non-hydrogen) atoms. The molecule has 0 radical (unpaired) electrons. The number of aliphatic hydroxyl groups excluding tert-OH is 1. The molecule has 3 heterocycles. The zero-order valence-electron chi connectivity index (χ0n) is 33.4. The third-order valence-electron chi connectivity index (χ3n) is 12.1. The number of aliphatic hydroxyl groups is 2. The van der Waals surface area contributed by atoms with E-state index >= 15 is 0 Å². The molecule has 3 fully saturated rings. The number of hydrogen-bond donors (Lipinski definition) is 5. The fourth-order valence-electron chi connectivity index (χ4n) is 9.15. The molecule has 3 saturated heterocycles. The summed E-state index contributed by atoms with van der Waals surface area (Å²) < 4.78 is 42.2. The van der Waals surface area contributed by atoms with Crippen LogP contribution in [0.25, 0.3) is 0 Å². The number of phenolic OH excluding ortho intramolecular Hbond substituents is 3. The maximum atomic E-state index is 13.9. The second kappa shape index (κ2) is 15.9. The Morgan fingerprint density at radius 2 is 1.45 bits per heavy atom. The van der Waals surface area contributed by atoms with Crippen molar-refractivity contribution >= 4 is 23.3 Å². The molecule has 0 aromatic heterocycles. The van der Waals surface area contributed by atoms with Gasteiger partial charge in [-0.1, -0.05) is 12.1 Å². The van der Waals surface area contributed by atoms with Crippen LogP contribution in [-0.4, -0.2) is 142 Å². The molecule has 13 unspecified atom stereocenters. The summed E-state index contributed by atoms with van der Waals surface area (Å²) in [7, 11) is 4.76. The number of methoxy groups -OCH3 is 1. The van der Waals surface area contributed by atoms with E-state index in [-0.39, 0.29) is 53.3 Å². The smallest absolute Gasteiger partial charge is 0.316 e. The molecule has 0 bridgehead atoms. The van der Waals surface area contributed by atoms with Crippen molar-refractivity contribution in [2.24, 2.45) is 0 Å². The van der Waals surface area contributed by atoms with Crippen LogP contribution in [0.2, 0.25) is 0 Å². The van der Waals surface area contributed by atoms with Crippen molar-refractivity contribution in [2.45, 2.75) is 139 Å². The predicted octanol–water partition coefficient (Wildman–Crippen LogP) is 2.47. The Balaban J connectivity index is 1.14. The van der Waals surface area contributed by atoms with Crippen LogP contribution in [0.3, 0.4) is 0 Å². The number of fused-ring (bicyclic) bond motifs is 3. The molecule has 316 valence electrons. The first kappa shape index (κ1) is 42.1. The van der Waals surface area contributed by atoms with Gasteiger partial charge in [0.1, 0.15) is 41.5 Å². The Labute approximate surface area is 334 Å². The summed E-state index contributed by atoms with van der Waals surface area (Å²) >= 11 is 0. The van der Waals surface area contributed by atoms with Crippen molar-refractivity contribution in [3.8, 4) is 17.2 Å². The molecule has 0 spiro atoms. The number of esters is 1. The first-order valence-electron chi connectivity index (χ1n) is 19.5. The summed E-state index contributed by atoms with van der Waals surface area (Å²) in [6.45, 7) is 6.52. The van der Waals surface area contributed by atoms with Crippen molar-refractivity contribution in [2.75, 3.05) is 21.2 Å². The number of Topliss-reactive ketones (excluding diaryl/α,β-unsaturated/α-hetero) is 1. The molecular weight excluding hydrogens is 762 g/mol. The highest BCUT2D eigenvalue weighted by molar-refractivity contribution is 6.31. The van der Waals surface area contributed by atoms with E-state index in [1.165, 1.54) is 25.1 Å². The van der Waals surface area contributed by atoms with Gasteiger partial charge in [0.25, 0.3) is 0 Å². The van der Waals surface area contributed by atoms with Gasteiger partial charge in [-0.15, -0.1) is 0 Å². The minimum absolute atomic E-state index is 0.00473. The van der Waals surface area contributed by atoms with Gasteiger partial charge in [0.15, 0.2) is 30.4 Å². The van der Waals surface area contributed by atoms with Gasteiger partial charge in [-0.25, -0.2) is 0 Å². The van der Waals surface area contributed by atoms with E-state index in [0.717, 1.165) is 7.11 Å². The Hall–Kier alpha value is -4.04. The minimum atomic E-state index is -1.97. The molecule has 0 saturated carbocycles. The van der Waals surface area contributed by atoms with Gasteiger partial charge >= 0.3 is 5.97 Å². The lowest BCUT2D eigenvalue weighted by Crippen LogP contribution is -2.58. The number of benzene rings is 2. The van der Waals surface area contributed by atoms with E-state index in [2.05, 4.69) is 0 Å². The van der Waals surface area contributed by atoms with E-state index in [9.17, 15) is 44.7 Å². The highest BCUT2D eigenvalue weighted by atomic mass is 16.7. The molecule has 13 atom stereocenters. The number of ether oxygens (including phenoxy) is 7. The lowest BCUT2D eigenvalue weighted by molar-refractivity contribution is -0.324. The molecule has 0 amide bonds. The van der Waals surface area contributed by atoms with Crippen molar-refractivity contribution in [3.63, 3.8) is 0 Å². The van der Waals surface area contributed by atoms with Gasteiger partial charge < -0.3 is 63.6 Å². The van der Waals surface area contributed by atoms with E-state index in [4.69, 9.17) is 33.2 Å². The second-order valence-electron chi connectivity index (χ2n) is 16.3. The van der Waals surface area contributed by atoms with Crippen LogP contribution in [0.5, 0.6) is 17.2 Å². The summed E-state index contributed by atoms with van der Waals surface area (Å²) in [6.07, 6.45) is -7.43. The number of phenols is 3. The van der Waals surface area contributed by atoms with E-state index in [1.54, 1.807) is 20.8 Å². The fraction of sp³-hybridized carbons (Fsp3) is 0.610. The molecule has 2 aromatic carbocycles. The number of ketones is 3. The first-order chi connectivity index (χ1) is 27.3. The van der Waals surface area contributed by atoms with Crippen LogP contribution in [0.1, 0.15) is 115 Å².